The second-order valence-electron chi connectivity index (χ2n) is 4.65. The van der Waals surface area contributed by atoms with Crippen LogP contribution >= 0.6 is 0 Å². The van der Waals surface area contributed by atoms with E-state index in [1.807, 2.05) is 6.92 Å². The third-order valence-electron chi connectivity index (χ3n) is 2.87. The first kappa shape index (κ1) is 13.3. The highest BCUT2D eigenvalue weighted by Crippen LogP contribution is 2.18. The predicted octanol–water partition coefficient (Wildman–Crippen LogP) is 0.235. The molecule has 1 aromatic rings. The molecule has 1 aliphatic rings. The summed E-state index contributed by atoms with van der Waals surface area (Å²) in [6.07, 6.45) is 2.76. The SMILES string of the molecule is CCc1cc(C(=O)NCC(=O)NC2CC2)cc(N)n1. The number of anilines is 1. The van der Waals surface area contributed by atoms with Gasteiger partial charge in [0.25, 0.3) is 5.91 Å². The third-order valence-corrected chi connectivity index (χ3v) is 2.87. The quantitative estimate of drug-likeness (QED) is 0.707. The summed E-state index contributed by atoms with van der Waals surface area (Å²) < 4.78 is 0. The van der Waals surface area contributed by atoms with E-state index in [9.17, 15) is 9.59 Å². The summed E-state index contributed by atoms with van der Waals surface area (Å²) in [4.78, 5) is 27.4. The van der Waals surface area contributed by atoms with E-state index in [0.29, 0.717) is 23.8 Å². The number of hydrogen-bond donors (Lipinski definition) is 3. The maximum atomic E-state index is 11.9. The highest BCUT2D eigenvalue weighted by molar-refractivity contribution is 5.97. The van der Waals surface area contributed by atoms with Crippen molar-refractivity contribution in [2.45, 2.75) is 32.2 Å². The van der Waals surface area contributed by atoms with Gasteiger partial charge < -0.3 is 16.4 Å². The molecular weight excluding hydrogens is 244 g/mol. The van der Waals surface area contributed by atoms with Gasteiger partial charge in [-0.15, -0.1) is 0 Å². The van der Waals surface area contributed by atoms with E-state index in [4.69, 9.17) is 5.73 Å². The van der Waals surface area contributed by atoms with Gasteiger partial charge in [0.15, 0.2) is 0 Å². The van der Waals surface area contributed by atoms with Gasteiger partial charge in [0.1, 0.15) is 5.82 Å². The number of rotatable bonds is 5. The number of aryl methyl sites for hydroxylation is 1. The minimum atomic E-state index is -0.310. The fraction of sp³-hybridized carbons (Fsp3) is 0.462. The lowest BCUT2D eigenvalue weighted by Gasteiger charge is -2.07. The van der Waals surface area contributed by atoms with Crippen LogP contribution in [-0.2, 0) is 11.2 Å². The number of amides is 2. The molecule has 0 spiro atoms. The molecule has 2 rings (SSSR count). The minimum absolute atomic E-state index is 0.0149. The maximum absolute atomic E-state index is 11.9. The van der Waals surface area contributed by atoms with Crippen molar-refractivity contribution in [1.82, 2.24) is 15.6 Å². The van der Waals surface area contributed by atoms with Crippen LogP contribution < -0.4 is 16.4 Å². The summed E-state index contributed by atoms with van der Waals surface area (Å²) in [6, 6.07) is 3.49. The van der Waals surface area contributed by atoms with Crippen molar-refractivity contribution in [3.05, 3.63) is 23.4 Å². The van der Waals surface area contributed by atoms with E-state index in [0.717, 1.165) is 18.5 Å². The van der Waals surface area contributed by atoms with Gasteiger partial charge in [-0.1, -0.05) is 6.92 Å². The lowest BCUT2D eigenvalue weighted by Crippen LogP contribution is -2.37. The zero-order chi connectivity index (χ0) is 13.8. The highest BCUT2D eigenvalue weighted by Gasteiger charge is 2.23. The molecule has 0 unspecified atom stereocenters. The van der Waals surface area contributed by atoms with E-state index < -0.39 is 0 Å². The average molecular weight is 262 g/mol. The number of hydrogen-bond acceptors (Lipinski definition) is 4. The molecule has 4 N–H and O–H groups in total. The van der Waals surface area contributed by atoms with Crippen LogP contribution in [0, 0.1) is 0 Å². The Morgan fingerprint density at radius 3 is 2.79 bits per heavy atom. The Morgan fingerprint density at radius 2 is 2.16 bits per heavy atom. The van der Waals surface area contributed by atoms with Gasteiger partial charge in [0.2, 0.25) is 5.91 Å². The molecule has 0 aromatic carbocycles. The third kappa shape index (κ3) is 3.94. The van der Waals surface area contributed by atoms with Crippen molar-refractivity contribution in [2.24, 2.45) is 0 Å². The van der Waals surface area contributed by atoms with Crippen LogP contribution in [-0.4, -0.2) is 29.4 Å². The Bertz CT molecular complexity index is 497. The molecule has 1 fully saturated rings. The summed E-state index contributed by atoms with van der Waals surface area (Å²) in [7, 11) is 0. The number of nitrogens with one attached hydrogen (secondary N) is 2. The molecular formula is C13H18N4O2. The van der Waals surface area contributed by atoms with Crippen LogP contribution in [0.25, 0.3) is 0 Å². The van der Waals surface area contributed by atoms with Gasteiger partial charge in [-0.25, -0.2) is 4.98 Å². The topological polar surface area (TPSA) is 97.1 Å². The molecule has 6 heteroatoms. The monoisotopic (exact) mass is 262 g/mol. The smallest absolute Gasteiger partial charge is 0.251 e. The summed E-state index contributed by atoms with van der Waals surface area (Å²) in [5.41, 5.74) is 6.82. The van der Waals surface area contributed by atoms with E-state index in [-0.39, 0.29) is 18.4 Å². The van der Waals surface area contributed by atoms with Crippen molar-refractivity contribution in [3.8, 4) is 0 Å². The van der Waals surface area contributed by atoms with Crippen LogP contribution in [0.5, 0.6) is 0 Å². The molecule has 1 heterocycles. The van der Waals surface area contributed by atoms with Crippen LogP contribution in [0.1, 0.15) is 35.8 Å². The first-order valence-corrected chi connectivity index (χ1v) is 6.42. The standard InChI is InChI=1S/C13H18N4O2/c1-2-9-5-8(6-11(14)16-9)13(19)15-7-12(18)17-10-3-4-10/h5-6,10H,2-4,7H2,1H3,(H2,14,16)(H,15,19)(H,17,18). The fourth-order valence-corrected chi connectivity index (χ4v) is 1.69. The minimum Gasteiger partial charge on any atom is -0.384 e. The molecule has 1 aliphatic carbocycles. The van der Waals surface area contributed by atoms with Gasteiger partial charge in [-0.3, -0.25) is 9.59 Å². The number of nitrogens with two attached hydrogens (primary N) is 1. The first-order valence-electron chi connectivity index (χ1n) is 6.42. The normalized spacial score (nSPS) is 13.9. The Hall–Kier alpha value is -2.11. The van der Waals surface area contributed by atoms with E-state index >= 15 is 0 Å². The van der Waals surface area contributed by atoms with Gasteiger partial charge in [0, 0.05) is 17.3 Å². The summed E-state index contributed by atoms with van der Waals surface area (Å²) in [5, 5.41) is 5.38. The van der Waals surface area contributed by atoms with Crippen molar-refractivity contribution in [3.63, 3.8) is 0 Å². The van der Waals surface area contributed by atoms with Gasteiger partial charge >= 0.3 is 0 Å². The van der Waals surface area contributed by atoms with Crippen molar-refractivity contribution < 1.29 is 9.59 Å². The molecule has 0 radical (unpaired) electrons. The zero-order valence-electron chi connectivity index (χ0n) is 10.9. The molecule has 1 saturated carbocycles. The number of carbonyl (C=O) groups is 2. The number of nitrogens with zero attached hydrogens (tertiary/aromatic N) is 1. The van der Waals surface area contributed by atoms with Crippen molar-refractivity contribution in [1.29, 1.82) is 0 Å². The summed E-state index contributed by atoms with van der Waals surface area (Å²) in [6.45, 7) is 1.92. The molecule has 0 bridgehead atoms. The first-order chi connectivity index (χ1) is 9.08. The molecule has 0 saturated heterocycles. The maximum Gasteiger partial charge on any atom is 0.251 e. The molecule has 19 heavy (non-hydrogen) atoms. The fourth-order valence-electron chi connectivity index (χ4n) is 1.69. The highest BCUT2D eigenvalue weighted by atomic mass is 16.2. The van der Waals surface area contributed by atoms with Crippen LogP contribution in [0.15, 0.2) is 12.1 Å². The largest absolute Gasteiger partial charge is 0.384 e. The van der Waals surface area contributed by atoms with Crippen LogP contribution in [0.3, 0.4) is 0 Å². The molecule has 2 amide bonds. The molecule has 0 aliphatic heterocycles. The second-order valence-corrected chi connectivity index (χ2v) is 4.65. The Morgan fingerprint density at radius 1 is 1.42 bits per heavy atom. The Kier molecular flexibility index (Phi) is 3.99. The van der Waals surface area contributed by atoms with Crippen molar-refractivity contribution in [2.75, 3.05) is 12.3 Å². The molecule has 102 valence electrons. The lowest BCUT2D eigenvalue weighted by molar-refractivity contribution is -0.120. The van der Waals surface area contributed by atoms with Crippen LogP contribution in [0.2, 0.25) is 0 Å². The van der Waals surface area contributed by atoms with Crippen LogP contribution in [0.4, 0.5) is 5.82 Å². The lowest BCUT2D eigenvalue weighted by atomic mass is 10.2. The van der Waals surface area contributed by atoms with Gasteiger partial charge in [-0.2, -0.15) is 0 Å². The Balaban J connectivity index is 1.91. The van der Waals surface area contributed by atoms with E-state index in [1.165, 1.54) is 6.07 Å². The van der Waals surface area contributed by atoms with Crippen molar-refractivity contribution >= 4 is 17.6 Å². The van der Waals surface area contributed by atoms with Gasteiger partial charge in [0.05, 0.1) is 6.54 Å². The summed E-state index contributed by atoms with van der Waals surface area (Å²) >= 11 is 0. The number of carbonyl (C=O) groups excluding carboxylic acids is 2. The average Bonchev–Trinajstić information content (AvgIpc) is 3.19. The van der Waals surface area contributed by atoms with E-state index in [1.54, 1.807) is 6.07 Å². The molecule has 0 atom stereocenters. The zero-order valence-corrected chi connectivity index (χ0v) is 10.9. The molecule has 1 aromatic heterocycles. The number of nitrogen functional groups attached to an aromatic ring is 1. The van der Waals surface area contributed by atoms with Gasteiger partial charge in [-0.05, 0) is 31.4 Å². The second kappa shape index (κ2) is 5.69. The van der Waals surface area contributed by atoms with E-state index in [2.05, 4.69) is 15.6 Å². The number of aromatic nitrogens is 1. The summed E-state index contributed by atoms with van der Waals surface area (Å²) in [5.74, 6) is -0.157. The Labute approximate surface area is 111 Å². The number of pyridine rings is 1. The predicted molar refractivity (Wildman–Crippen MR) is 71.5 cm³/mol. The molecule has 6 nitrogen and oxygen atoms in total.